The quantitative estimate of drug-likeness (QED) is 0.818. The molecule has 0 amide bonds. The van der Waals surface area contributed by atoms with Crippen LogP contribution in [0, 0.1) is 5.82 Å². The highest BCUT2D eigenvalue weighted by molar-refractivity contribution is 5.27. The highest BCUT2D eigenvalue weighted by atomic mass is 19.4. The molecule has 1 aromatic carbocycles. The lowest BCUT2D eigenvalue weighted by atomic mass is 9.92. The van der Waals surface area contributed by atoms with E-state index in [2.05, 4.69) is 4.74 Å². The van der Waals surface area contributed by atoms with E-state index >= 15 is 0 Å². The number of hydrogen-bond donors (Lipinski definition) is 1. The monoisotopic (exact) mass is 237 g/mol. The average Bonchev–Trinajstić information content (AvgIpc) is 2.21. The van der Waals surface area contributed by atoms with Crippen LogP contribution >= 0.6 is 0 Å². The third kappa shape index (κ3) is 1.90. The van der Waals surface area contributed by atoms with E-state index < -0.39 is 29.7 Å². The normalized spacial score (nSPS) is 15.9. The molecule has 16 heavy (non-hydrogen) atoms. The van der Waals surface area contributed by atoms with Crippen molar-refractivity contribution in [1.82, 2.24) is 0 Å². The molecule has 0 bridgehead atoms. The molecule has 1 rings (SSSR count). The van der Waals surface area contributed by atoms with Crippen LogP contribution < -0.4 is 5.73 Å². The van der Waals surface area contributed by atoms with Gasteiger partial charge in [-0.25, -0.2) is 4.39 Å². The fourth-order valence-electron chi connectivity index (χ4n) is 1.48. The van der Waals surface area contributed by atoms with Gasteiger partial charge in [-0.15, -0.1) is 0 Å². The Kier molecular flexibility index (Phi) is 3.54. The van der Waals surface area contributed by atoms with Crippen molar-refractivity contribution < 1.29 is 22.3 Å². The highest BCUT2D eigenvalue weighted by Crippen LogP contribution is 2.41. The summed E-state index contributed by atoms with van der Waals surface area (Å²) in [6.07, 6.45) is -4.78. The summed E-state index contributed by atoms with van der Waals surface area (Å²) in [7, 11) is 0.854. The molecule has 1 unspecified atom stereocenters. The number of rotatable bonds is 3. The van der Waals surface area contributed by atoms with Crippen molar-refractivity contribution in [2.45, 2.75) is 11.8 Å². The zero-order chi connectivity index (χ0) is 12.4. The van der Waals surface area contributed by atoms with Gasteiger partial charge in [-0.2, -0.15) is 13.2 Å². The van der Waals surface area contributed by atoms with Crippen LogP contribution in [-0.2, 0) is 10.3 Å². The smallest absolute Gasteiger partial charge is 0.363 e. The van der Waals surface area contributed by atoms with Crippen LogP contribution in [-0.4, -0.2) is 19.8 Å². The molecule has 0 aliphatic carbocycles. The number of hydrogen-bond acceptors (Lipinski definition) is 2. The van der Waals surface area contributed by atoms with E-state index in [9.17, 15) is 17.6 Å². The minimum absolute atomic E-state index is 0.604. The summed E-state index contributed by atoms with van der Waals surface area (Å²) in [4.78, 5) is 0. The van der Waals surface area contributed by atoms with E-state index in [1.165, 1.54) is 12.1 Å². The maximum absolute atomic E-state index is 13.4. The Bertz CT molecular complexity index is 360. The van der Waals surface area contributed by atoms with E-state index in [0.717, 1.165) is 19.2 Å². The predicted molar refractivity (Wildman–Crippen MR) is 50.2 cm³/mol. The first kappa shape index (κ1) is 12.9. The molecule has 0 saturated carbocycles. The molecular weight excluding hydrogens is 226 g/mol. The molecule has 1 aromatic rings. The number of methoxy groups -OCH3 is 1. The highest BCUT2D eigenvalue weighted by Gasteiger charge is 2.57. The summed E-state index contributed by atoms with van der Waals surface area (Å²) in [5.41, 5.74) is 1.70. The Labute approximate surface area is 90.0 Å². The molecule has 6 heteroatoms. The van der Waals surface area contributed by atoms with Gasteiger partial charge in [0, 0.05) is 19.2 Å². The molecule has 1 atom stereocenters. The van der Waals surface area contributed by atoms with Gasteiger partial charge in [-0.1, -0.05) is 18.2 Å². The van der Waals surface area contributed by atoms with Gasteiger partial charge in [0.2, 0.25) is 5.60 Å². The molecular formula is C10H11F4NO. The molecule has 0 aliphatic heterocycles. The van der Waals surface area contributed by atoms with Gasteiger partial charge in [0.05, 0.1) is 0 Å². The first-order valence-corrected chi connectivity index (χ1v) is 4.46. The van der Waals surface area contributed by atoms with Gasteiger partial charge in [0.15, 0.2) is 0 Å². The maximum Gasteiger partial charge on any atom is 0.423 e. The van der Waals surface area contributed by atoms with Gasteiger partial charge in [0.25, 0.3) is 0 Å². The summed E-state index contributed by atoms with van der Waals surface area (Å²) in [5.74, 6) is -0.993. The fraction of sp³-hybridized carbons (Fsp3) is 0.400. The molecule has 2 N–H and O–H groups in total. The molecule has 2 nitrogen and oxygen atoms in total. The Morgan fingerprint density at radius 1 is 1.25 bits per heavy atom. The molecule has 0 aromatic heterocycles. The van der Waals surface area contributed by atoms with Gasteiger partial charge in [0.1, 0.15) is 5.82 Å². The minimum Gasteiger partial charge on any atom is -0.363 e. The Morgan fingerprint density at radius 2 is 1.81 bits per heavy atom. The second-order valence-corrected chi connectivity index (χ2v) is 3.21. The first-order chi connectivity index (χ1) is 7.39. The van der Waals surface area contributed by atoms with Crippen LogP contribution in [0.25, 0.3) is 0 Å². The van der Waals surface area contributed by atoms with Crippen LogP contribution in [0.2, 0.25) is 0 Å². The van der Waals surface area contributed by atoms with E-state index in [1.807, 2.05) is 0 Å². The van der Waals surface area contributed by atoms with Crippen molar-refractivity contribution in [2.75, 3.05) is 13.7 Å². The summed E-state index contributed by atoms with van der Waals surface area (Å²) in [5, 5.41) is 0. The molecule has 0 radical (unpaired) electrons. The molecule has 90 valence electrons. The average molecular weight is 237 g/mol. The van der Waals surface area contributed by atoms with Crippen molar-refractivity contribution in [3.8, 4) is 0 Å². The Balaban J connectivity index is 3.38. The topological polar surface area (TPSA) is 35.2 Å². The molecule has 0 saturated heterocycles. The second-order valence-electron chi connectivity index (χ2n) is 3.21. The maximum atomic E-state index is 13.4. The third-order valence-corrected chi connectivity index (χ3v) is 2.40. The van der Waals surface area contributed by atoms with Crippen LogP contribution in [0.15, 0.2) is 24.3 Å². The van der Waals surface area contributed by atoms with Crippen molar-refractivity contribution in [1.29, 1.82) is 0 Å². The summed E-state index contributed by atoms with van der Waals surface area (Å²) < 4.78 is 56.4. The standard InChI is InChI=1S/C10H11F4NO/c1-16-9(6-15,10(12,13)14)7-4-2-3-5-8(7)11/h2-5H,6,15H2,1H3. The summed E-state index contributed by atoms with van der Waals surface area (Å²) in [6.45, 7) is -0.881. The van der Waals surface area contributed by atoms with Crippen molar-refractivity contribution in [3.63, 3.8) is 0 Å². The number of nitrogens with two attached hydrogens (primary N) is 1. The molecule has 0 spiro atoms. The SMILES string of the molecule is COC(CN)(c1ccccc1F)C(F)(F)F. The Morgan fingerprint density at radius 3 is 2.19 bits per heavy atom. The van der Waals surface area contributed by atoms with Crippen LogP contribution in [0.5, 0.6) is 0 Å². The van der Waals surface area contributed by atoms with Gasteiger partial charge in [-0.05, 0) is 6.07 Å². The van der Waals surface area contributed by atoms with E-state index in [-0.39, 0.29) is 0 Å². The summed E-state index contributed by atoms with van der Waals surface area (Å²) in [6, 6.07) is 4.55. The minimum atomic E-state index is -4.78. The molecule has 0 heterocycles. The number of benzene rings is 1. The van der Waals surface area contributed by atoms with Crippen molar-refractivity contribution in [2.24, 2.45) is 5.73 Å². The molecule has 0 fully saturated rings. The summed E-state index contributed by atoms with van der Waals surface area (Å²) >= 11 is 0. The first-order valence-electron chi connectivity index (χ1n) is 4.46. The third-order valence-electron chi connectivity index (χ3n) is 2.40. The number of alkyl halides is 3. The largest absolute Gasteiger partial charge is 0.423 e. The fourth-order valence-corrected chi connectivity index (χ4v) is 1.48. The van der Waals surface area contributed by atoms with Crippen molar-refractivity contribution in [3.05, 3.63) is 35.6 Å². The van der Waals surface area contributed by atoms with Crippen LogP contribution in [0.1, 0.15) is 5.56 Å². The van der Waals surface area contributed by atoms with E-state index in [0.29, 0.717) is 0 Å². The van der Waals surface area contributed by atoms with Crippen LogP contribution in [0.3, 0.4) is 0 Å². The number of ether oxygens (including phenoxy) is 1. The van der Waals surface area contributed by atoms with Gasteiger partial charge >= 0.3 is 6.18 Å². The zero-order valence-corrected chi connectivity index (χ0v) is 8.51. The lowest BCUT2D eigenvalue weighted by Crippen LogP contribution is -2.50. The van der Waals surface area contributed by atoms with E-state index in [4.69, 9.17) is 5.73 Å². The van der Waals surface area contributed by atoms with Gasteiger partial charge in [-0.3, -0.25) is 0 Å². The van der Waals surface area contributed by atoms with Crippen LogP contribution in [0.4, 0.5) is 17.6 Å². The predicted octanol–water partition coefficient (Wildman–Crippen LogP) is 2.19. The lowest BCUT2D eigenvalue weighted by Gasteiger charge is -2.33. The van der Waals surface area contributed by atoms with Crippen molar-refractivity contribution >= 4 is 0 Å². The van der Waals surface area contributed by atoms with E-state index in [1.54, 1.807) is 0 Å². The zero-order valence-electron chi connectivity index (χ0n) is 8.51. The number of halogens is 4. The Hall–Kier alpha value is -1.14. The lowest BCUT2D eigenvalue weighted by molar-refractivity contribution is -0.273. The molecule has 0 aliphatic rings. The second kappa shape index (κ2) is 4.39. The van der Waals surface area contributed by atoms with Gasteiger partial charge < -0.3 is 10.5 Å².